The van der Waals surface area contributed by atoms with Crippen LogP contribution in [0.4, 0.5) is 0 Å². The lowest BCUT2D eigenvalue weighted by molar-refractivity contribution is 0.296. The van der Waals surface area contributed by atoms with Crippen LogP contribution in [-0.4, -0.2) is 18.5 Å². The van der Waals surface area contributed by atoms with Gasteiger partial charge in [0.1, 0.15) is 0 Å². The maximum Gasteiger partial charge on any atom is 0.0345 e. The van der Waals surface area contributed by atoms with E-state index in [1.54, 1.807) is 0 Å². The molecule has 2 heteroatoms. The molecule has 0 saturated heterocycles. The van der Waals surface area contributed by atoms with Crippen molar-refractivity contribution < 1.29 is 0 Å². The van der Waals surface area contributed by atoms with E-state index >= 15 is 0 Å². The highest BCUT2D eigenvalue weighted by molar-refractivity contribution is 7.19. The van der Waals surface area contributed by atoms with Crippen LogP contribution in [0.3, 0.4) is 0 Å². The molecule has 2 aromatic carbocycles. The van der Waals surface area contributed by atoms with Crippen molar-refractivity contribution in [2.24, 2.45) is 0 Å². The maximum absolute atomic E-state index is 2.44. The van der Waals surface area contributed by atoms with E-state index in [-0.39, 0.29) is 0 Å². The van der Waals surface area contributed by atoms with E-state index in [2.05, 4.69) is 67.4 Å². The fraction of sp³-hybridized carbons (Fsp3) is 0.263. The lowest BCUT2D eigenvalue weighted by Gasteiger charge is -2.32. The summed E-state index contributed by atoms with van der Waals surface area (Å²) in [5, 5.41) is 1.37. The summed E-state index contributed by atoms with van der Waals surface area (Å²) in [5.41, 5.74) is 4.37. The van der Waals surface area contributed by atoms with Crippen molar-refractivity contribution in [1.82, 2.24) is 4.90 Å². The molecule has 0 radical (unpaired) electrons. The van der Waals surface area contributed by atoms with Crippen LogP contribution in [0, 0.1) is 6.92 Å². The van der Waals surface area contributed by atoms with Gasteiger partial charge in [-0.15, -0.1) is 11.3 Å². The molecule has 1 aliphatic rings. The number of rotatable bonds is 1. The molecule has 1 aromatic heterocycles. The van der Waals surface area contributed by atoms with Crippen molar-refractivity contribution in [1.29, 1.82) is 0 Å². The van der Waals surface area contributed by atoms with Crippen molar-refractivity contribution in [2.45, 2.75) is 19.4 Å². The Morgan fingerprint density at radius 2 is 1.95 bits per heavy atom. The van der Waals surface area contributed by atoms with E-state index in [9.17, 15) is 0 Å². The Balaban J connectivity index is 1.84. The Labute approximate surface area is 129 Å². The van der Waals surface area contributed by atoms with E-state index in [1.807, 2.05) is 11.3 Å². The van der Waals surface area contributed by atoms with Crippen LogP contribution < -0.4 is 0 Å². The first-order valence-electron chi connectivity index (χ1n) is 7.47. The van der Waals surface area contributed by atoms with Crippen molar-refractivity contribution >= 4 is 21.4 Å². The molecule has 0 bridgehead atoms. The minimum absolute atomic E-state index is 0.511. The summed E-state index contributed by atoms with van der Waals surface area (Å²) < 4.78 is 1.40. The number of nitrogens with zero attached hydrogens (tertiary/aromatic N) is 1. The zero-order valence-corrected chi connectivity index (χ0v) is 13.3. The standard InChI is InChI=1S/C19H19NS/c1-13-7-8-16-15(9-13)11-20(2)12-17(16)19-10-14-5-3-4-6-18(14)21-19/h3-10,17H,11-12H2,1-2H3. The zero-order chi connectivity index (χ0) is 14.4. The van der Waals surface area contributed by atoms with E-state index in [0.717, 1.165) is 13.1 Å². The van der Waals surface area contributed by atoms with E-state index in [1.165, 1.54) is 31.7 Å². The molecule has 1 nitrogen and oxygen atoms in total. The van der Waals surface area contributed by atoms with Gasteiger partial charge in [-0.2, -0.15) is 0 Å². The molecule has 2 heterocycles. The van der Waals surface area contributed by atoms with Crippen LogP contribution in [0.5, 0.6) is 0 Å². The van der Waals surface area contributed by atoms with Gasteiger partial charge < -0.3 is 4.90 Å². The molecule has 1 unspecified atom stereocenters. The second kappa shape index (κ2) is 4.97. The van der Waals surface area contributed by atoms with Crippen molar-refractivity contribution in [2.75, 3.05) is 13.6 Å². The molecule has 1 atom stereocenters. The molecule has 1 aliphatic heterocycles. The molecule has 21 heavy (non-hydrogen) atoms. The van der Waals surface area contributed by atoms with Crippen LogP contribution in [0.25, 0.3) is 10.1 Å². The summed E-state index contributed by atoms with van der Waals surface area (Å²) >= 11 is 1.95. The highest BCUT2D eigenvalue weighted by atomic mass is 32.1. The molecule has 3 aromatic rings. The predicted octanol–water partition coefficient (Wildman–Crippen LogP) is 4.79. The minimum Gasteiger partial charge on any atom is -0.301 e. The molecule has 0 N–H and O–H groups in total. The number of likely N-dealkylation sites (N-methyl/N-ethyl adjacent to an activating group) is 1. The van der Waals surface area contributed by atoms with Gasteiger partial charge in [-0.25, -0.2) is 0 Å². The zero-order valence-electron chi connectivity index (χ0n) is 12.5. The third kappa shape index (κ3) is 2.29. The number of aryl methyl sites for hydroxylation is 1. The second-order valence-corrected chi connectivity index (χ2v) is 7.25. The van der Waals surface area contributed by atoms with Crippen molar-refractivity contribution in [3.8, 4) is 0 Å². The van der Waals surface area contributed by atoms with E-state index in [4.69, 9.17) is 0 Å². The van der Waals surface area contributed by atoms with Gasteiger partial charge in [-0.1, -0.05) is 42.0 Å². The molecule has 0 fully saturated rings. The lowest BCUT2D eigenvalue weighted by atomic mass is 9.88. The van der Waals surface area contributed by atoms with Gasteiger partial charge >= 0.3 is 0 Å². The Hall–Kier alpha value is -1.64. The molecular formula is C19H19NS. The lowest BCUT2D eigenvalue weighted by Crippen LogP contribution is -2.30. The number of hydrogen-bond acceptors (Lipinski definition) is 2. The van der Waals surface area contributed by atoms with Gasteiger partial charge in [0.25, 0.3) is 0 Å². The predicted molar refractivity (Wildman–Crippen MR) is 91.2 cm³/mol. The quantitative estimate of drug-likeness (QED) is 0.623. The highest BCUT2D eigenvalue weighted by Crippen LogP contribution is 2.38. The number of thiophene rings is 1. The Morgan fingerprint density at radius 1 is 1.10 bits per heavy atom. The Bertz CT molecular complexity index is 769. The van der Waals surface area contributed by atoms with Crippen molar-refractivity contribution in [3.05, 3.63) is 70.1 Å². The molecule has 0 spiro atoms. The normalized spacial score (nSPS) is 18.9. The number of hydrogen-bond donors (Lipinski definition) is 0. The monoisotopic (exact) mass is 293 g/mol. The third-order valence-electron chi connectivity index (χ3n) is 4.40. The molecule has 106 valence electrons. The van der Waals surface area contributed by atoms with Crippen LogP contribution in [0.1, 0.15) is 27.5 Å². The maximum atomic E-state index is 2.44. The highest BCUT2D eigenvalue weighted by Gasteiger charge is 2.26. The largest absolute Gasteiger partial charge is 0.301 e. The molecule has 0 amide bonds. The van der Waals surface area contributed by atoms with E-state index in [0.29, 0.717) is 5.92 Å². The van der Waals surface area contributed by atoms with Gasteiger partial charge in [-0.3, -0.25) is 0 Å². The number of benzene rings is 2. The summed E-state index contributed by atoms with van der Waals surface area (Å²) in [7, 11) is 2.23. The molecule has 4 rings (SSSR count). The molecule has 0 aliphatic carbocycles. The smallest absolute Gasteiger partial charge is 0.0345 e. The average Bonchev–Trinajstić information content (AvgIpc) is 2.89. The first-order chi connectivity index (χ1) is 10.2. The van der Waals surface area contributed by atoms with Crippen LogP contribution in [0.2, 0.25) is 0 Å². The second-order valence-electron chi connectivity index (χ2n) is 6.14. The van der Waals surface area contributed by atoms with Gasteiger partial charge in [0.05, 0.1) is 0 Å². The fourth-order valence-electron chi connectivity index (χ4n) is 3.39. The Kier molecular flexibility index (Phi) is 3.09. The van der Waals surface area contributed by atoms with Crippen LogP contribution in [0.15, 0.2) is 48.5 Å². The van der Waals surface area contributed by atoms with Gasteiger partial charge in [0, 0.05) is 28.6 Å². The van der Waals surface area contributed by atoms with Crippen LogP contribution in [-0.2, 0) is 6.54 Å². The summed E-state index contributed by atoms with van der Waals surface area (Å²) in [6, 6.07) is 18.0. The molecular weight excluding hydrogens is 274 g/mol. The first kappa shape index (κ1) is 13.1. The summed E-state index contributed by atoms with van der Waals surface area (Å²) in [6.45, 7) is 4.37. The van der Waals surface area contributed by atoms with Crippen molar-refractivity contribution in [3.63, 3.8) is 0 Å². The average molecular weight is 293 g/mol. The van der Waals surface area contributed by atoms with Gasteiger partial charge in [0.2, 0.25) is 0 Å². The van der Waals surface area contributed by atoms with E-state index < -0.39 is 0 Å². The van der Waals surface area contributed by atoms with Crippen LogP contribution >= 0.6 is 11.3 Å². The summed E-state index contributed by atoms with van der Waals surface area (Å²) in [6.07, 6.45) is 0. The first-order valence-corrected chi connectivity index (χ1v) is 8.29. The fourth-order valence-corrected chi connectivity index (χ4v) is 4.57. The number of fused-ring (bicyclic) bond motifs is 2. The SMILES string of the molecule is Cc1ccc2c(c1)CN(C)CC2c1cc2ccccc2s1. The molecule has 0 saturated carbocycles. The van der Waals surface area contributed by atoms with Gasteiger partial charge in [0.15, 0.2) is 0 Å². The third-order valence-corrected chi connectivity index (χ3v) is 5.63. The summed E-state index contributed by atoms with van der Waals surface area (Å²) in [4.78, 5) is 3.93. The van der Waals surface area contributed by atoms with Gasteiger partial charge in [-0.05, 0) is 42.6 Å². The Morgan fingerprint density at radius 3 is 2.81 bits per heavy atom. The topological polar surface area (TPSA) is 3.24 Å². The minimum atomic E-state index is 0.511. The summed E-state index contributed by atoms with van der Waals surface area (Å²) in [5.74, 6) is 0.511.